The summed E-state index contributed by atoms with van der Waals surface area (Å²) in [6.07, 6.45) is 5.21. The van der Waals surface area contributed by atoms with Gasteiger partial charge in [0.1, 0.15) is 12.4 Å². The van der Waals surface area contributed by atoms with E-state index in [9.17, 15) is 4.79 Å². The van der Waals surface area contributed by atoms with Crippen LogP contribution in [0.15, 0.2) is 89.4 Å². The van der Waals surface area contributed by atoms with Crippen LogP contribution in [0.2, 0.25) is 0 Å². The molecule has 6 heteroatoms. The molecule has 4 heterocycles. The van der Waals surface area contributed by atoms with E-state index in [1.54, 1.807) is 18.6 Å². The first-order chi connectivity index (χ1) is 14.8. The number of hydrogen-bond acceptors (Lipinski definition) is 5. The topological polar surface area (TPSA) is 67.9 Å². The minimum Gasteiger partial charge on any atom is -0.486 e. The first-order valence-electron chi connectivity index (χ1n) is 9.47. The molecule has 5 nitrogen and oxygen atoms in total. The Labute approximate surface area is 176 Å². The lowest BCUT2D eigenvalue weighted by Crippen LogP contribution is -2.12. The summed E-state index contributed by atoms with van der Waals surface area (Å²) >= 11 is 1.51. The van der Waals surface area contributed by atoms with Gasteiger partial charge in [-0.1, -0.05) is 24.3 Å². The lowest BCUT2D eigenvalue weighted by Gasteiger charge is -2.15. The molecule has 5 rings (SSSR count). The Morgan fingerprint density at radius 2 is 1.83 bits per heavy atom. The van der Waals surface area contributed by atoms with Gasteiger partial charge in [-0.15, -0.1) is 11.3 Å². The Hall–Kier alpha value is -3.77. The highest BCUT2D eigenvalue weighted by Gasteiger charge is 2.19. The minimum absolute atomic E-state index is 0.178. The maximum atomic E-state index is 13.2. The van der Waals surface area contributed by atoms with Crippen molar-refractivity contribution >= 4 is 22.2 Å². The SMILES string of the molecule is O=c1[nH]c2c(-c3ccncc3)cccc2c(OCc2ccccn2)c1-c1cccs1. The summed E-state index contributed by atoms with van der Waals surface area (Å²) in [6.45, 7) is 0.275. The molecule has 0 bridgehead atoms. The second kappa shape index (κ2) is 7.93. The Morgan fingerprint density at radius 3 is 2.60 bits per heavy atom. The molecule has 0 spiro atoms. The fourth-order valence-corrected chi connectivity index (χ4v) is 4.25. The van der Waals surface area contributed by atoms with Gasteiger partial charge in [-0.3, -0.25) is 14.8 Å². The number of aromatic amines is 1. The normalized spacial score (nSPS) is 10.9. The van der Waals surface area contributed by atoms with Crippen molar-refractivity contribution in [3.63, 3.8) is 0 Å². The van der Waals surface area contributed by atoms with Gasteiger partial charge in [-0.2, -0.15) is 0 Å². The van der Waals surface area contributed by atoms with Crippen LogP contribution in [0.25, 0.3) is 32.5 Å². The number of aromatic nitrogens is 3. The summed E-state index contributed by atoms with van der Waals surface area (Å²) in [5, 5.41) is 2.80. The van der Waals surface area contributed by atoms with Crippen LogP contribution in [0.5, 0.6) is 5.75 Å². The van der Waals surface area contributed by atoms with Gasteiger partial charge in [0.05, 0.1) is 16.8 Å². The van der Waals surface area contributed by atoms with E-state index in [1.807, 2.05) is 66.0 Å². The highest BCUT2D eigenvalue weighted by atomic mass is 32.1. The molecular formula is C24H17N3O2S. The van der Waals surface area contributed by atoms with Crippen molar-refractivity contribution in [1.82, 2.24) is 15.0 Å². The average Bonchev–Trinajstić information content (AvgIpc) is 3.32. The maximum absolute atomic E-state index is 13.2. The average molecular weight is 411 g/mol. The molecule has 0 amide bonds. The van der Waals surface area contributed by atoms with Crippen molar-refractivity contribution in [2.75, 3.05) is 0 Å². The fraction of sp³-hybridized carbons (Fsp3) is 0.0417. The number of rotatable bonds is 5. The monoisotopic (exact) mass is 411 g/mol. The van der Waals surface area contributed by atoms with Gasteiger partial charge < -0.3 is 9.72 Å². The van der Waals surface area contributed by atoms with E-state index in [4.69, 9.17) is 4.74 Å². The van der Waals surface area contributed by atoms with E-state index in [-0.39, 0.29) is 12.2 Å². The predicted molar refractivity (Wildman–Crippen MR) is 120 cm³/mol. The Kier molecular flexibility index (Phi) is 4.83. The molecule has 1 aromatic carbocycles. The number of para-hydroxylation sites is 1. The summed E-state index contributed by atoms with van der Waals surface area (Å²) in [4.78, 5) is 25.6. The quantitative estimate of drug-likeness (QED) is 0.427. The first-order valence-corrected chi connectivity index (χ1v) is 10.4. The zero-order valence-corrected chi connectivity index (χ0v) is 16.7. The summed E-state index contributed by atoms with van der Waals surface area (Å²) in [6, 6.07) is 19.3. The third kappa shape index (κ3) is 3.38. The zero-order valence-electron chi connectivity index (χ0n) is 15.9. The summed E-state index contributed by atoms with van der Waals surface area (Å²) in [7, 11) is 0. The van der Waals surface area contributed by atoms with Crippen LogP contribution in [0.4, 0.5) is 0 Å². The number of thiophene rings is 1. The van der Waals surface area contributed by atoms with Crippen molar-refractivity contribution in [3.05, 3.63) is 101 Å². The molecule has 0 atom stereocenters. The van der Waals surface area contributed by atoms with Gasteiger partial charge in [0.15, 0.2) is 0 Å². The van der Waals surface area contributed by atoms with Crippen LogP contribution < -0.4 is 10.3 Å². The highest BCUT2D eigenvalue weighted by Crippen LogP contribution is 2.38. The third-order valence-corrected chi connectivity index (χ3v) is 5.74. The molecule has 5 aromatic rings. The van der Waals surface area contributed by atoms with Crippen molar-refractivity contribution < 1.29 is 4.74 Å². The van der Waals surface area contributed by atoms with Gasteiger partial charge >= 0.3 is 0 Å². The van der Waals surface area contributed by atoms with Crippen LogP contribution in [0.3, 0.4) is 0 Å². The lowest BCUT2D eigenvalue weighted by molar-refractivity contribution is 0.306. The number of benzene rings is 1. The molecule has 30 heavy (non-hydrogen) atoms. The molecule has 0 aliphatic rings. The van der Waals surface area contributed by atoms with Crippen molar-refractivity contribution in [1.29, 1.82) is 0 Å². The molecule has 4 aromatic heterocycles. The number of hydrogen-bond donors (Lipinski definition) is 1. The molecular weight excluding hydrogens is 394 g/mol. The van der Waals surface area contributed by atoms with Crippen LogP contribution >= 0.6 is 11.3 Å². The summed E-state index contributed by atoms with van der Waals surface area (Å²) in [5.74, 6) is 0.567. The summed E-state index contributed by atoms with van der Waals surface area (Å²) < 4.78 is 6.24. The van der Waals surface area contributed by atoms with E-state index >= 15 is 0 Å². The number of H-pyrrole nitrogens is 1. The Morgan fingerprint density at radius 1 is 0.933 bits per heavy atom. The third-order valence-electron chi connectivity index (χ3n) is 4.85. The number of pyridine rings is 3. The van der Waals surface area contributed by atoms with E-state index in [2.05, 4.69) is 15.0 Å². The molecule has 146 valence electrons. The number of nitrogens with zero attached hydrogens (tertiary/aromatic N) is 2. The molecule has 1 N–H and O–H groups in total. The van der Waals surface area contributed by atoms with Gasteiger partial charge in [-0.05, 0) is 47.3 Å². The van der Waals surface area contributed by atoms with E-state index in [0.717, 1.165) is 32.6 Å². The van der Waals surface area contributed by atoms with Crippen LogP contribution in [0, 0.1) is 0 Å². The number of fused-ring (bicyclic) bond motifs is 1. The van der Waals surface area contributed by atoms with Crippen molar-refractivity contribution in [2.24, 2.45) is 0 Å². The van der Waals surface area contributed by atoms with Gasteiger partial charge in [0.25, 0.3) is 5.56 Å². The second-order valence-electron chi connectivity index (χ2n) is 6.71. The second-order valence-corrected chi connectivity index (χ2v) is 7.66. The van der Waals surface area contributed by atoms with E-state index < -0.39 is 0 Å². The molecule has 0 fully saturated rings. The number of ether oxygens (including phenoxy) is 1. The maximum Gasteiger partial charge on any atom is 0.260 e. The predicted octanol–water partition coefficient (Wildman–Crippen LogP) is 5.29. The highest BCUT2D eigenvalue weighted by molar-refractivity contribution is 7.13. The molecule has 0 saturated carbocycles. The van der Waals surface area contributed by atoms with E-state index in [0.29, 0.717) is 11.3 Å². The smallest absolute Gasteiger partial charge is 0.260 e. The van der Waals surface area contributed by atoms with Crippen LogP contribution in [0.1, 0.15) is 5.69 Å². The van der Waals surface area contributed by atoms with Gasteiger partial charge in [0, 0.05) is 34.4 Å². The molecule has 0 saturated heterocycles. The van der Waals surface area contributed by atoms with Gasteiger partial charge in [0.2, 0.25) is 0 Å². The first kappa shape index (κ1) is 18.3. The summed E-state index contributed by atoms with van der Waals surface area (Å²) in [5.41, 5.74) is 3.80. The largest absolute Gasteiger partial charge is 0.486 e. The molecule has 0 aliphatic carbocycles. The minimum atomic E-state index is -0.178. The molecule has 0 aliphatic heterocycles. The number of nitrogens with one attached hydrogen (secondary N) is 1. The fourth-order valence-electron chi connectivity index (χ4n) is 3.49. The standard InChI is InChI=1S/C24H17N3O2S/c28-24-21(20-8-4-14-30-20)23(29-15-17-5-1-2-11-26-17)19-7-3-6-18(22(19)27-24)16-9-12-25-13-10-16/h1-14H,15H2,(H,27,28). The van der Waals surface area contributed by atoms with Crippen molar-refractivity contribution in [3.8, 4) is 27.3 Å². The zero-order chi connectivity index (χ0) is 20.3. The molecule has 0 unspecified atom stereocenters. The van der Waals surface area contributed by atoms with Crippen LogP contribution in [-0.2, 0) is 6.61 Å². The van der Waals surface area contributed by atoms with Gasteiger partial charge in [-0.25, -0.2) is 0 Å². The molecule has 0 radical (unpaired) electrons. The van der Waals surface area contributed by atoms with Crippen LogP contribution in [-0.4, -0.2) is 15.0 Å². The Bertz CT molecular complexity index is 1350. The van der Waals surface area contributed by atoms with E-state index in [1.165, 1.54) is 11.3 Å². The van der Waals surface area contributed by atoms with Crippen molar-refractivity contribution in [2.45, 2.75) is 6.61 Å². The lowest BCUT2D eigenvalue weighted by atomic mass is 10.0. The Balaban J connectivity index is 1.73.